The van der Waals surface area contributed by atoms with Gasteiger partial charge in [-0.2, -0.15) is 0 Å². The van der Waals surface area contributed by atoms with Gasteiger partial charge in [0.2, 0.25) is 0 Å². The first-order chi connectivity index (χ1) is 9.95. The van der Waals surface area contributed by atoms with Gasteiger partial charge in [-0.3, -0.25) is 0 Å². The van der Waals surface area contributed by atoms with Gasteiger partial charge in [-0.15, -0.1) is 21.5 Å². The van der Waals surface area contributed by atoms with E-state index < -0.39 is 9.84 Å². The lowest BCUT2D eigenvalue weighted by Gasteiger charge is -1.96. The monoisotopic (exact) mass is 357 g/mol. The largest absolute Gasteiger partial charge is 0.229 e. The number of hydrogen-bond acceptors (Lipinski definition) is 8. The second-order valence-electron chi connectivity index (χ2n) is 4.30. The Morgan fingerprint density at radius 2 is 2.00 bits per heavy atom. The number of thiazole rings is 1. The lowest BCUT2D eigenvalue weighted by molar-refractivity contribution is 0.602. The quantitative estimate of drug-likeness (QED) is 0.713. The Morgan fingerprint density at radius 1 is 1.19 bits per heavy atom. The molecule has 0 atom stereocenters. The third-order valence-corrected chi connectivity index (χ3v) is 7.00. The molecule has 9 heteroatoms. The van der Waals surface area contributed by atoms with Crippen LogP contribution in [0.5, 0.6) is 0 Å². The van der Waals surface area contributed by atoms with Gasteiger partial charge in [-0.25, -0.2) is 13.4 Å². The molecule has 1 aromatic carbocycles. The zero-order chi connectivity index (χ0) is 15.0. The maximum Gasteiger partial charge on any atom is 0.181 e. The summed E-state index contributed by atoms with van der Waals surface area (Å²) in [6, 6.07) is 5.00. The molecule has 110 valence electrons. The molecule has 0 aliphatic rings. The van der Waals surface area contributed by atoms with E-state index in [4.69, 9.17) is 0 Å². The van der Waals surface area contributed by atoms with Gasteiger partial charge in [-0.1, -0.05) is 18.3 Å². The van der Waals surface area contributed by atoms with Gasteiger partial charge in [-0.05, 0) is 36.4 Å². The molecular weight excluding hydrogens is 346 g/mol. The number of aryl methyl sites for hydroxylation is 1. The van der Waals surface area contributed by atoms with E-state index in [-0.39, 0.29) is 0 Å². The number of nitrogens with zero attached hydrogens (tertiary/aromatic N) is 3. The van der Waals surface area contributed by atoms with Gasteiger partial charge >= 0.3 is 0 Å². The van der Waals surface area contributed by atoms with Crippen LogP contribution >= 0.6 is 34.4 Å². The predicted octanol–water partition coefficient (Wildman–Crippen LogP) is 3.26. The van der Waals surface area contributed by atoms with Gasteiger partial charge in [0.15, 0.2) is 18.5 Å². The molecule has 2 aromatic heterocycles. The average molecular weight is 358 g/mol. The molecule has 3 aromatic rings. The van der Waals surface area contributed by atoms with Gasteiger partial charge in [0.25, 0.3) is 0 Å². The maximum atomic E-state index is 11.6. The zero-order valence-electron chi connectivity index (χ0n) is 11.2. The minimum Gasteiger partial charge on any atom is -0.229 e. The van der Waals surface area contributed by atoms with Crippen LogP contribution < -0.4 is 0 Å². The van der Waals surface area contributed by atoms with E-state index in [2.05, 4.69) is 15.2 Å². The molecule has 0 radical (unpaired) electrons. The molecule has 0 unspecified atom stereocenters. The predicted molar refractivity (Wildman–Crippen MR) is 86.1 cm³/mol. The van der Waals surface area contributed by atoms with Crippen molar-refractivity contribution in [1.29, 1.82) is 0 Å². The summed E-state index contributed by atoms with van der Waals surface area (Å²) in [5.41, 5.74) is 0.801. The fourth-order valence-corrected chi connectivity index (χ4v) is 5.52. The van der Waals surface area contributed by atoms with Crippen LogP contribution in [0.3, 0.4) is 0 Å². The Bertz CT molecular complexity index is 898. The molecule has 0 fully saturated rings. The Hall–Kier alpha value is -1.03. The van der Waals surface area contributed by atoms with Gasteiger partial charge in [0, 0.05) is 6.26 Å². The normalized spacial score (nSPS) is 12.1. The number of benzene rings is 1. The van der Waals surface area contributed by atoms with Crippen LogP contribution in [0.4, 0.5) is 0 Å². The molecule has 3 rings (SSSR count). The number of hydrogen-bond donors (Lipinski definition) is 0. The van der Waals surface area contributed by atoms with Crippen LogP contribution in [-0.2, 0) is 16.3 Å². The number of rotatable bonds is 4. The molecule has 2 heterocycles. The maximum absolute atomic E-state index is 11.6. The van der Waals surface area contributed by atoms with Gasteiger partial charge in [0.1, 0.15) is 5.01 Å². The molecule has 21 heavy (non-hydrogen) atoms. The van der Waals surface area contributed by atoms with Crippen molar-refractivity contribution >= 4 is 54.5 Å². The van der Waals surface area contributed by atoms with Crippen molar-refractivity contribution in [1.82, 2.24) is 15.2 Å². The van der Waals surface area contributed by atoms with Crippen LogP contribution in [-0.4, -0.2) is 29.9 Å². The lowest BCUT2D eigenvalue weighted by atomic mass is 10.3. The molecule has 0 N–H and O–H groups in total. The van der Waals surface area contributed by atoms with Crippen molar-refractivity contribution in [2.45, 2.75) is 26.9 Å². The van der Waals surface area contributed by atoms with E-state index in [1.165, 1.54) is 29.4 Å². The molecule has 0 aliphatic carbocycles. The molecule has 0 aliphatic heterocycles. The minimum absolute atomic E-state index is 0.319. The topological polar surface area (TPSA) is 72.8 Å². The molecule has 5 nitrogen and oxygen atoms in total. The summed E-state index contributed by atoms with van der Waals surface area (Å²) in [5, 5.41) is 9.19. The molecule has 0 saturated heterocycles. The Labute approximate surface area is 134 Å². The van der Waals surface area contributed by atoms with Crippen molar-refractivity contribution in [2.75, 3.05) is 6.26 Å². The van der Waals surface area contributed by atoms with E-state index in [9.17, 15) is 8.42 Å². The third kappa shape index (κ3) is 3.25. The van der Waals surface area contributed by atoms with Crippen LogP contribution in [0.15, 0.2) is 31.8 Å². The molecule has 0 bridgehead atoms. The first-order valence-corrected chi connectivity index (χ1v) is 10.4. The smallest absolute Gasteiger partial charge is 0.181 e. The van der Waals surface area contributed by atoms with Crippen molar-refractivity contribution in [3.63, 3.8) is 0 Å². The van der Waals surface area contributed by atoms with E-state index >= 15 is 0 Å². The molecular formula is C12H11N3O2S4. The third-order valence-electron chi connectivity index (χ3n) is 2.69. The van der Waals surface area contributed by atoms with E-state index in [1.54, 1.807) is 29.5 Å². The number of aromatic nitrogens is 3. The Kier molecular flexibility index (Phi) is 4.00. The van der Waals surface area contributed by atoms with Crippen molar-refractivity contribution in [3.8, 4) is 0 Å². The molecule has 0 amide bonds. The van der Waals surface area contributed by atoms with Crippen molar-refractivity contribution in [2.24, 2.45) is 0 Å². The standard InChI is InChI=1S/C12H11N3O2S4/c1-3-10-14-15-12(19-10)20-11-13-8-5-4-7(21(2,16)17)6-9(8)18-11/h4-6H,3H2,1-2H3. The highest BCUT2D eigenvalue weighted by atomic mass is 32.2. The highest BCUT2D eigenvalue weighted by Crippen LogP contribution is 2.36. The summed E-state index contributed by atoms with van der Waals surface area (Å²) >= 11 is 4.49. The van der Waals surface area contributed by atoms with E-state index in [1.807, 2.05) is 6.92 Å². The summed E-state index contributed by atoms with van der Waals surface area (Å²) in [6.07, 6.45) is 2.08. The zero-order valence-corrected chi connectivity index (χ0v) is 14.5. The summed E-state index contributed by atoms with van der Waals surface area (Å²) in [4.78, 5) is 4.81. The highest BCUT2D eigenvalue weighted by Gasteiger charge is 2.13. The minimum atomic E-state index is -3.19. The Morgan fingerprint density at radius 3 is 2.67 bits per heavy atom. The van der Waals surface area contributed by atoms with Crippen molar-refractivity contribution in [3.05, 3.63) is 23.2 Å². The highest BCUT2D eigenvalue weighted by molar-refractivity contribution is 8.02. The van der Waals surface area contributed by atoms with Crippen LogP contribution in [0.25, 0.3) is 10.2 Å². The van der Waals surface area contributed by atoms with Crippen LogP contribution in [0.1, 0.15) is 11.9 Å². The second-order valence-corrected chi connectivity index (χ2v) is 9.90. The van der Waals surface area contributed by atoms with Crippen LogP contribution in [0, 0.1) is 0 Å². The first-order valence-electron chi connectivity index (χ1n) is 6.06. The summed E-state index contributed by atoms with van der Waals surface area (Å²) in [6.45, 7) is 2.04. The lowest BCUT2D eigenvalue weighted by Crippen LogP contribution is -1.95. The Balaban J connectivity index is 1.93. The average Bonchev–Trinajstić information content (AvgIpc) is 3.02. The van der Waals surface area contributed by atoms with Crippen molar-refractivity contribution < 1.29 is 8.42 Å². The first kappa shape index (κ1) is 14.9. The number of sulfone groups is 1. The SMILES string of the molecule is CCc1nnc(Sc2nc3ccc(S(C)(=O)=O)cc3s2)s1. The summed E-state index contributed by atoms with van der Waals surface area (Å²) < 4.78 is 25.7. The number of fused-ring (bicyclic) bond motifs is 1. The van der Waals surface area contributed by atoms with Gasteiger partial charge < -0.3 is 0 Å². The fourth-order valence-electron chi connectivity index (χ4n) is 1.66. The van der Waals surface area contributed by atoms with E-state index in [0.717, 1.165) is 30.3 Å². The molecule has 0 saturated carbocycles. The summed E-state index contributed by atoms with van der Waals surface area (Å²) in [5.74, 6) is 0. The van der Waals surface area contributed by atoms with Crippen LogP contribution in [0.2, 0.25) is 0 Å². The van der Waals surface area contributed by atoms with E-state index in [0.29, 0.717) is 4.90 Å². The second kappa shape index (κ2) is 5.64. The summed E-state index contributed by atoms with van der Waals surface area (Å²) in [7, 11) is -3.19. The van der Waals surface area contributed by atoms with Gasteiger partial charge in [0.05, 0.1) is 15.1 Å². The fraction of sp³-hybridized carbons (Fsp3) is 0.250. The molecule has 0 spiro atoms.